The average molecular weight is 295 g/mol. The fourth-order valence-corrected chi connectivity index (χ4v) is 2.74. The van der Waals surface area contributed by atoms with Crippen molar-refractivity contribution in [3.05, 3.63) is 17.5 Å². The van der Waals surface area contributed by atoms with E-state index in [2.05, 4.69) is 34.6 Å². The summed E-state index contributed by atoms with van der Waals surface area (Å²) in [5.41, 5.74) is 2.41. The number of nitrogens with zero attached hydrogens (tertiary/aromatic N) is 3. The Morgan fingerprint density at radius 1 is 1.43 bits per heavy atom. The van der Waals surface area contributed by atoms with Gasteiger partial charge in [-0.05, 0) is 32.3 Å². The van der Waals surface area contributed by atoms with Crippen molar-refractivity contribution >= 4 is 5.97 Å². The summed E-state index contributed by atoms with van der Waals surface area (Å²) in [7, 11) is 0. The molecule has 0 bridgehead atoms. The van der Waals surface area contributed by atoms with Crippen molar-refractivity contribution in [2.75, 3.05) is 19.7 Å². The Balaban J connectivity index is 1.83. The molecule has 0 amide bonds. The zero-order chi connectivity index (χ0) is 15.2. The highest BCUT2D eigenvalue weighted by atomic mass is 16.5. The monoisotopic (exact) mass is 295 g/mol. The first-order chi connectivity index (χ1) is 10.1. The molecule has 118 valence electrons. The number of likely N-dealkylation sites (tertiary alicyclic amines) is 1. The van der Waals surface area contributed by atoms with E-state index in [-0.39, 0.29) is 12.7 Å². The topological polar surface area (TPSA) is 67.6 Å². The van der Waals surface area contributed by atoms with Crippen molar-refractivity contribution in [2.45, 2.75) is 52.3 Å². The first-order valence-corrected chi connectivity index (χ1v) is 7.73. The lowest BCUT2D eigenvalue weighted by Gasteiger charge is -2.31. The molecule has 0 saturated carbocycles. The molecule has 1 fully saturated rings. The van der Waals surface area contributed by atoms with Crippen molar-refractivity contribution in [1.82, 2.24) is 14.7 Å². The Kier molecular flexibility index (Phi) is 5.76. The Bertz CT molecular complexity index is 465. The number of aromatic nitrogens is 2. The molecular weight excluding hydrogens is 270 g/mol. The van der Waals surface area contributed by atoms with E-state index in [1.165, 1.54) is 5.69 Å². The second kappa shape index (κ2) is 7.56. The van der Waals surface area contributed by atoms with Gasteiger partial charge in [-0.25, -0.2) is 4.79 Å². The van der Waals surface area contributed by atoms with Gasteiger partial charge in [-0.2, -0.15) is 5.10 Å². The fourth-order valence-electron chi connectivity index (χ4n) is 2.74. The highest BCUT2D eigenvalue weighted by Crippen LogP contribution is 2.17. The molecule has 1 aliphatic rings. The normalized spacial score (nSPS) is 17.2. The van der Waals surface area contributed by atoms with Gasteiger partial charge < -0.3 is 9.84 Å². The van der Waals surface area contributed by atoms with Gasteiger partial charge in [0.15, 0.2) is 0 Å². The van der Waals surface area contributed by atoms with Crippen LogP contribution in [0.25, 0.3) is 0 Å². The van der Waals surface area contributed by atoms with Crippen molar-refractivity contribution in [1.29, 1.82) is 0 Å². The van der Waals surface area contributed by atoms with Crippen molar-refractivity contribution in [3.63, 3.8) is 0 Å². The van der Waals surface area contributed by atoms with Crippen LogP contribution in [0.5, 0.6) is 0 Å². The van der Waals surface area contributed by atoms with Crippen molar-refractivity contribution < 1.29 is 14.6 Å². The van der Waals surface area contributed by atoms with Crippen LogP contribution in [0, 0.1) is 0 Å². The summed E-state index contributed by atoms with van der Waals surface area (Å²) in [5, 5.41) is 13.2. The molecule has 0 atom stereocenters. The van der Waals surface area contributed by atoms with E-state index in [1.807, 2.05) is 0 Å². The molecule has 2 heterocycles. The summed E-state index contributed by atoms with van der Waals surface area (Å²) in [5.74, 6) is -0.892. The second-order valence-corrected chi connectivity index (χ2v) is 5.48. The average Bonchev–Trinajstić information content (AvgIpc) is 2.88. The largest absolute Gasteiger partial charge is 0.480 e. The van der Waals surface area contributed by atoms with Gasteiger partial charge in [0.25, 0.3) is 0 Å². The van der Waals surface area contributed by atoms with Crippen LogP contribution >= 0.6 is 0 Å². The van der Waals surface area contributed by atoms with Gasteiger partial charge in [-0.3, -0.25) is 9.58 Å². The summed E-state index contributed by atoms with van der Waals surface area (Å²) in [6.45, 7) is 7.74. The molecule has 0 aromatic carbocycles. The lowest BCUT2D eigenvalue weighted by molar-refractivity contribution is -0.145. The van der Waals surface area contributed by atoms with Gasteiger partial charge in [0, 0.05) is 26.2 Å². The van der Waals surface area contributed by atoms with Gasteiger partial charge in [0.05, 0.1) is 17.5 Å². The van der Waals surface area contributed by atoms with E-state index in [0.29, 0.717) is 0 Å². The summed E-state index contributed by atoms with van der Waals surface area (Å²) in [6.07, 6.45) is 2.84. The van der Waals surface area contributed by atoms with Crippen LogP contribution < -0.4 is 0 Å². The first kappa shape index (κ1) is 16.0. The zero-order valence-corrected chi connectivity index (χ0v) is 12.9. The van der Waals surface area contributed by atoms with Gasteiger partial charge in [-0.15, -0.1) is 0 Å². The summed E-state index contributed by atoms with van der Waals surface area (Å²) < 4.78 is 7.44. The van der Waals surface area contributed by atoms with E-state index >= 15 is 0 Å². The third-order valence-corrected chi connectivity index (χ3v) is 3.94. The van der Waals surface area contributed by atoms with Crippen LogP contribution in [0.2, 0.25) is 0 Å². The van der Waals surface area contributed by atoms with Crippen LogP contribution in [-0.2, 0) is 29.0 Å². The molecule has 21 heavy (non-hydrogen) atoms. The zero-order valence-electron chi connectivity index (χ0n) is 12.9. The van der Waals surface area contributed by atoms with Crippen LogP contribution in [0.1, 0.15) is 38.1 Å². The molecule has 1 aromatic rings. The van der Waals surface area contributed by atoms with E-state index in [4.69, 9.17) is 9.84 Å². The highest BCUT2D eigenvalue weighted by Gasteiger charge is 2.21. The molecule has 1 aromatic heterocycles. The third-order valence-electron chi connectivity index (χ3n) is 3.94. The van der Waals surface area contributed by atoms with E-state index < -0.39 is 5.97 Å². The maximum absolute atomic E-state index is 10.5. The first-order valence-electron chi connectivity index (χ1n) is 7.73. The van der Waals surface area contributed by atoms with Gasteiger partial charge in [0.2, 0.25) is 0 Å². The molecule has 2 rings (SSSR count). The second-order valence-electron chi connectivity index (χ2n) is 5.48. The van der Waals surface area contributed by atoms with E-state index in [0.717, 1.165) is 51.1 Å². The number of aryl methyl sites for hydroxylation is 2. The van der Waals surface area contributed by atoms with Crippen LogP contribution in [-0.4, -0.2) is 51.6 Å². The predicted octanol–water partition coefficient (Wildman–Crippen LogP) is 1.53. The Labute approximate surface area is 125 Å². The SMILES string of the molecule is CCc1cc(CN2CCC(OCC(=O)O)CC2)n(CC)n1. The molecule has 0 aliphatic carbocycles. The number of hydrogen-bond acceptors (Lipinski definition) is 4. The molecule has 0 unspecified atom stereocenters. The van der Waals surface area contributed by atoms with E-state index in [1.54, 1.807) is 0 Å². The number of carbonyl (C=O) groups is 1. The highest BCUT2D eigenvalue weighted by molar-refractivity contribution is 5.68. The lowest BCUT2D eigenvalue weighted by atomic mass is 10.1. The third kappa shape index (κ3) is 4.54. The molecule has 1 saturated heterocycles. The quantitative estimate of drug-likeness (QED) is 0.826. The predicted molar refractivity (Wildman–Crippen MR) is 79.2 cm³/mol. The maximum Gasteiger partial charge on any atom is 0.329 e. The Morgan fingerprint density at radius 2 is 2.14 bits per heavy atom. The van der Waals surface area contributed by atoms with Crippen molar-refractivity contribution in [2.24, 2.45) is 0 Å². The number of ether oxygens (including phenoxy) is 1. The van der Waals surface area contributed by atoms with Gasteiger partial charge in [-0.1, -0.05) is 6.92 Å². The Morgan fingerprint density at radius 3 is 2.71 bits per heavy atom. The van der Waals surface area contributed by atoms with Crippen LogP contribution in [0.3, 0.4) is 0 Å². The molecule has 6 nitrogen and oxygen atoms in total. The van der Waals surface area contributed by atoms with Crippen LogP contribution in [0.15, 0.2) is 6.07 Å². The van der Waals surface area contributed by atoms with Crippen molar-refractivity contribution in [3.8, 4) is 0 Å². The standard InChI is InChI=1S/C15H25N3O3/c1-3-12-9-13(18(4-2)16-12)10-17-7-5-14(6-8-17)21-11-15(19)20/h9,14H,3-8,10-11H2,1-2H3,(H,19,20). The minimum absolute atomic E-state index is 0.0830. The summed E-state index contributed by atoms with van der Waals surface area (Å²) in [6, 6.07) is 2.19. The molecule has 0 radical (unpaired) electrons. The number of carboxylic acids is 1. The van der Waals surface area contributed by atoms with Gasteiger partial charge >= 0.3 is 5.97 Å². The number of aliphatic carboxylic acids is 1. The van der Waals surface area contributed by atoms with E-state index in [9.17, 15) is 4.79 Å². The van der Waals surface area contributed by atoms with Gasteiger partial charge in [0.1, 0.15) is 6.61 Å². The molecular formula is C15H25N3O3. The fraction of sp³-hybridized carbons (Fsp3) is 0.733. The lowest BCUT2D eigenvalue weighted by Crippen LogP contribution is -2.37. The number of hydrogen-bond donors (Lipinski definition) is 1. The minimum Gasteiger partial charge on any atom is -0.480 e. The summed E-state index contributed by atoms with van der Waals surface area (Å²) in [4.78, 5) is 12.9. The number of rotatable bonds is 7. The molecule has 1 aliphatic heterocycles. The summed E-state index contributed by atoms with van der Waals surface area (Å²) >= 11 is 0. The minimum atomic E-state index is -0.892. The van der Waals surface area contributed by atoms with Crippen LogP contribution in [0.4, 0.5) is 0 Å². The molecule has 1 N–H and O–H groups in total. The smallest absolute Gasteiger partial charge is 0.329 e. The molecule has 6 heteroatoms. The Hall–Kier alpha value is -1.40. The number of carboxylic acid groups (broad SMARTS) is 1. The molecule has 0 spiro atoms. The maximum atomic E-state index is 10.5. The number of piperidine rings is 1.